The average Bonchev–Trinajstić information content (AvgIpc) is 2.27. The lowest BCUT2D eigenvalue weighted by Crippen LogP contribution is -2.41. The number of likely N-dealkylation sites (N-methyl/N-ethyl adjacent to an activating group) is 1. The lowest BCUT2D eigenvalue weighted by Gasteiger charge is -2.20. The van der Waals surface area contributed by atoms with Crippen molar-refractivity contribution in [3.63, 3.8) is 0 Å². The molecule has 0 aromatic carbocycles. The molecule has 0 rings (SSSR count). The minimum Gasteiger partial charge on any atom is -0.395 e. The second kappa shape index (κ2) is 10.3. The van der Waals surface area contributed by atoms with Crippen LogP contribution in [0.3, 0.4) is 0 Å². The Morgan fingerprint density at radius 3 is 2.44 bits per heavy atom. The summed E-state index contributed by atoms with van der Waals surface area (Å²) in [6, 6.07) is 0.240. The third-order valence-corrected chi connectivity index (χ3v) is 3.06. The molecule has 18 heavy (non-hydrogen) atoms. The maximum Gasteiger partial charge on any atom is 0.234 e. The highest BCUT2D eigenvalue weighted by Crippen LogP contribution is 2.08. The Kier molecular flexibility index (Phi) is 9.98. The van der Waals surface area contributed by atoms with Gasteiger partial charge in [0, 0.05) is 12.6 Å². The summed E-state index contributed by atoms with van der Waals surface area (Å²) in [5.74, 6) is 0.787. The number of carbonyl (C=O) groups is 1. The van der Waals surface area contributed by atoms with E-state index in [-0.39, 0.29) is 18.6 Å². The first-order valence-electron chi connectivity index (χ1n) is 7.12. The molecule has 0 bridgehead atoms. The van der Waals surface area contributed by atoms with Crippen molar-refractivity contribution in [3.05, 3.63) is 0 Å². The second-order valence-corrected chi connectivity index (χ2v) is 5.39. The molecule has 1 amide bonds. The topological polar surface area (TPSA) is 52.6 Å². The fraction of sp³-hybridized carbons (Fsp3) is 0.929. The van der Waals surface area contributed by atoms with Gasteiger partial charge in [-0.2, -0.15) is 0 Å². The van der Waals surface area contributed by atoms with Gasteiger partial charge in [-0.3, -0.25) is 9.69 Å². The molecule has 2 N–H and O–H groups in total. The monoisotopic (exact) mass is 258 g/mol. The van der Waals surface area contributed by atoms with Gasteiger partial charge in [-0.05, 0) is 25.8 Å². The van der Waals surface area contributed by atoms with E-state index >= 15 is 0 Å². The van der Waals surface area contributed by atoms with Crippen molar-refractivity contribution in [1.82, 2.24) is 10.2 Å². The Balaban J connectivity index is 3.78. The summed E-state index contributed by atoms with van der Waals surface area (Å²) in [4.78, 5) is 13.7. The Morgan fingerprint density at radius 2 is 1.94 bits per heavy atom. The predicted octanol–water partition coefficient (Wildman–Crippen LogP) is 1.63. The number of hydrogen-bond acceptors (Lipinski definition) is 3. The minimum atomic E-state index is 0.0577. The number of hydrogen-bond donors (Lipinski definition) is 2. The first-order chi connectivity index (χ1) is 8.49. The molecule has 0 aliphatic carbocycles. The fourth-order valence-electron chi connectivity index (χ4n) is 1.92. The van der Waals surface area contributed by atoms with Gasteiger partial charge in [0.2, 0.25) is 5.91 Å². The van der Waals surface area contributed by atoms with Crippen LogP contribution in [0, 0.1) is 5.92 Å². The predicted molar refractivity (Wildman–Crippen MR) is 75.5 cm³/mol. The molecule has 4 heteroatoms. The maximum atomic E-state index is 11.8. The fourth-order valence-corrected chi connectivity index (χ4v) is 1.92. The van der Waals surface area contributed by atoms with Gasteiger partial charge in [0.15, 0.2) is 0 Å². The number of carbonyl (C=O) groups excluding carboxylic acids is 1. The normalized spacial score (nSPS) is 13.1. The van der Waals surface area contributed by atoms with Crippen LogP contribution in [0.1, 0.15) is 47.0 Å². The zero-order chi connectivity index (χ0) is 14.0. The molecule has 0 aromatic heterocycles. The van der Waals surface area contributed by atoms with Gasteiger partial charge in [-0.25, -0.2) is 0 Å². The Hall–Kier alpha value is -0.610. The van der Waals surface area contributed by atoms with E-state index in [1.54, 1.807) is 0 Å². The van der Waals surface area contributed by atoms with Gasteiger partial charge >= 0.3 is 0 Å². The van der Waals surface area contributed by atoms with E-state index in [2.05, 4.69) is 26.1 Å². The van der Waals surface area contributed by atoms with Crippen molar-refractivity contribution < 1.29 is 9.90 Å². The average molecular weight is 258 g/mol. The molecule has 0 saturated heterocycles. The standard InChI is InChI=1S/C14H30N2O2/c1-5-16(9-10-17)11-14(18)15-13(4)8-6-7-12(2)3/h12-13,17H,5-11H2,1-4H3,(H,15,18). The van der Waals surface area contributed by atoms with Crippen LogP contribution in [0.4, 0.5) is 0 Å². The smallest absolute Gasteiger partial charge is 0.234 e. The minimum absolute atomic E-state index is 0.0577. The number of aliphatic hydroxyl groups excluding tert-OH is 1. The highest BCUT2D eigenvalue weighted by Gasteiger charge is 2.11. The molecule has 1 unspecified atom stereocenters. The van der Waals surface area contributed by atoms with Crippen LogP contribution in [0.15, 0.2) is 0 Å². The van der Waals surface area contributed by atoms with Gasteiger partial charge < -0.3 is 10.4 Å². The zero-order valence-corrected chi connectivity index (χ0v) is 12.4. The van der Waals surface area contributed by atoms with Crippen LogP contribution >= 0.6 is 0 Å². The van der Waals surface area contributed by atoms with Crippen molar-refractivity contribution in [3.8, 4) is 0 Å². The van der Waals surface area contributed by atoms with Crippen LogP contribution in [-0.2, 0) is 4.79 Å². The summed E-state index contributed by atoms with van der Waals surface area (Å²) >= 11 is 0. The highest BCUT2D eigenvalue weighted by atomic mass is 16.3. The SMILES string of the molecule is CCN(CCO)CC(=O)NC(C)CCCC(C)C. The molecule has 4 nitrogen and oxygen atoms in total. The van der Waals surface area contributed by atoms with Crippen molar-refractivity contribution >= 4 is 5.91 Å². The summed E-state index contributed by atoms with van der Waals surface area (Å²) in [5.41, 5.74) is 0. The van der Waals surface area contributed by atoms with Crippen molar-refractivity contribution in [1.29, 1.82) is 0 Å². The van der Waals surface area contributed by atoms with Gasteiger partial charge in [0.1, 0.15) is 0 Å². The highest BCUT2D eigenvalue weighted by molar-refractivity contribution is 5.78. The largest absolute Gasteiger partial charge is 0.395 e. The molecule has 0 heterocycles. The molecule has 1 atom stereocenters. The summed E-state index contributed by atoms with van der Waals surface area (Å²) < 4.78 is 0. The molecule has 0 saturated carbocycles. The van der Waals surface area contributed by atoms with Crippen LogP contribution < -0.4 is 5.32 Å². The molecule has 0 aliphatic rings. The number of nitrogens with zero attached hydrogens (tertiary/aromatic N) is 1. The maximum absolute atomic E-state index is 11.8. The summed E-state index contributed by atoms with van der Waals surface area (Å²) in [5, 5.41) is 11.9. The van der Waals surface area contributed by atoms with Crippen LogP contribution in [0.25, 0.3) is 0 Å². The Morgan fingerprint density at radius 1 is 1.28 bits per heavy atom. The number of aliphatic hydroxyl groups is 1. The van der Waals surface area contributed by atoms with E-state index in [1.807, 2.05) is 11.8 Å². The van der Waals surface area contributed by atoms with Crippen LogP contribution in [0.2, 0.25) is 0 Å². The molecule has 0 spiro atoms. The third-order valence-electron chi connectivity index (χ3n) is 3.06. The molecular formula is C14H30N2O2. The van der Waals surface area contributed by atoms with E-state index in [0.717, 1.165) is 25.3 Å². The quantitative estimate of drug-likeness (QED) is 0.626. The van der Waals surface area contributed by atoms with Gasteiger partial charge in [0.05, 0.1) is 13.2 Å². The van der Waals surface area contributed by atoms with Crippen LogP contribution in [-0.4, -0.2) is 48.2 Å². The van der Waals surface area contributed by atoms with E-state index in [4.69, 9.17) is 5.11 Å². The van der Waals surface area contributed by atoms with Crippen molar-refractivity contribution in [2.75, 3.05) is 26.2 Å². The molecular weight excluding hydrogens is 228 g/mol. The lowest BCUT2D eigenvalue weighted by atomic mass is 10.0. The zero-order valence-electron chi connectivity index (χ0n) is 12.4. The first kappa shape index (κ1) is 17.4. The second-order valence-electron chi connectivity index (χ2n) is 5.39. The number of amides is 1. The molecule has 0 radical (unpaired) electrons. The summed E-state index contributed by atoms with van der Waals surface area (Å²) in [6.45, 7) is 10.3. The number of rotatable bonds is 10. The van der Waals surface area contributed by atoms with Crippen LogP contribution in [0.5, 0.6) is 0 Å². The summed E-state index contributed by atoms with van der Waals surface area (Å²) in [7, 11) is 0. The Labute approximate surface area is 112 Å². The van der Waals surface area contributed by atoms with Gasteiger partial charge in [-0.15, -0.1) is 0 Å². The van der Waals surface area contributed by atoms with Gasteiger partial charge in [-0.1, -0.05) is 33.6 Å². The Bertz CT molecular complexity index is 220. The van der Waals surface area contributed by atoms with E-state index in [9.17, 15) is 4.79 Å². The summed E-state index contributed by atoms with van der Waals surface area (Å²) in [6.07, 6.45) is 3.41. The lowest BCUT2D eigenvalue weighted by molar-refractivity contribution is -0.122. The first-order valence-corrected chi connectivity index (χ1v) is 7.12. The molecule has 0 aromatic rings. The van der Waals surface area contributed by atoms with Crippen molar-refractivity contribution in [2.24, 2.45) is 5.92 Å². The number of nitrogens with one attached hydrogen (secondary N) is 1. The van der Waals surface area contributed by atoms with Gasteiger partial charge in [0.25, 0.3) is 0 Å². The van der Waals surface area contributed by atoms with E-state index < -0.39 is 0 Å². The van der Waals surface area contributed by atoms with Crippen molar-refractivity contribution in [2.45, 2.75) is 53.0 Å². The molecule has 0 aliphatic heterocycles. The van der Waals surface area contributed by atoms with E-state index in [0.29, 0.717) is 13.1 Å². The molecule has 0 fully saturated rings. The van der Waals surface area contributed by atoms with E-state index in [1.165, 1.54) is 6.42 Å². The molecule has 108 valence electrons. The third kappa shape index (κ3) is 9.42.